The molecule has 6 nitrogen and oxygen atoms in total. The Hall–Kier alpha value is -3.87. The van der Waals surface area contributed by atoms with Crippen molar-refractivity contribution >= 4 is 0 Å². The molecule has 1 aromatic heterocycles. The molecule has 158 valence electrons. The molecule has 0 saturated heterocycles. The molecule has 3 aromatic carbocycles. The van der Waals surface area contributed by atoms with Crippen molar-refractivity contribution in [3.05, 3.63) is 110 Å². The Bertz CT molecular complexity index is 1330. The Morgan fingerprint density at radius 2 is 1.71 bits per heavy atom. The van der Waals surface area contributed by atoms with Crippen molar-refractivity contribution in [2.45, 2.75) is 27.0 Å². The molecule has 0 fully saturated rings. The van der Waals surface area contributed by atoms with E-state index in [1.54, 1.807) is 6.07 Å². The Labute approximate surface area is 177 Å². The van der Waals surface area contributed by atoms with E-state index in [2.05, 4.69) is 32.0 Å². The molecule has 0 unspecified atom stereocenters. The van der Waals surface area contributed by atoms with E-state index in [1.165, 1.54) is 28.8 Å². The van der Waals surface area contributed by atoms with Gasteiger partial charge in [-0.05, 0) is 65.4 Å². The molecule has 0 radical (unpaired) electrons. The quantitative estimate of drug-likeness (QED) is 0.508. The van der Waals surface area contributed by atoms with Gasteiger partial charge in [-0.2, -0.15) is 0 Å². The lowest BCUT2D eigenvalue weighted by Crippen LogP contribution is -2.17. The minimum Gasteiger partial charge on any atom is -0.486 e. The number of aryl methyl sites for hydroxylation is 2. The number of hydrogen-bond acceptors (Lipinski definition) is 4. The predicted molar refractivity (Wildman–Crippen MR) is 115 cm³/mol. The van der Waals surface area contributed by atoms with Crippen LogP contribution in [0.15, 0.2) is 74.8 Å². The topological polar surface area (TPSA) is 77.2 Å². The number of aromatic nitrogens is 2. The Morgan fingerprint density at radius 1 is 0.968 bits per heavy atom. The van der Waals surface area contributed by atoms with E-state index in [1.807, 2.05) is 29.2 Å². The van der Waals surface area contributed by atoms with Crippen LogP contribution in [0.25, 0.3) is 11.1 Å². The maximum absolute atomic E-state index is 14.5. The van der Waals surface area contributed by atoms with Crippen LogP contribution in [0.4, 0.5) is 4.39 Å². The maximum Gasteiger partial charge on any atom is 0.440 e. The molecule has 0 aliphatic heterocycles. The summed E-state index contributed by atoms with van der Waals surface area (Å²) < 4.78 is 25.7. The second-order valence-electron chi connectivity index (χ2n) is 7.37. The normalized spacial score (nSPS) is 10.9. The van der Waals surface area contributed by atoms with Gasteiger partial charge in [-0.3, -0.25) is 0 Å². The highest BCUT2D eigenvalue weighted by atomic mass is 19.1. The smallest absolute Gasteiger partial charge is 0.440 e. The predicted octanol–water partition coefficient (Wildman–Crippen LogP) is 4.18. The molecule has 0 amide bonds. The fourth-order valence-electron chi connectivity index (χ4n) is 3.59. The number of rotatable bonds is 6. The summed E-state index contributed by atoms with van der Waals surface area (Å²) in [5.41, 5.74) is 5.36. The molecule has 4 aromatic rings. The molecule has 0 saturated carbocycles. The van der Waals surface area contributed by atoms with Crippen LogP contribution in [0, 0.1) is 19.7 Å². The molecular weight excluding hydrogens is 399 g/mol. The van der Waals surface area contributed by atoms with Gasteiger partial charge in [0.25, 0.3) is 0 Å². The Balaban J connectivity index is 1.49. The van der Waals surface area contributed by atoms with Gasteiger partial charge in [0.15, 0.2) is 11.6 Å². The van der Waals surface area contributed by atoms with Gasteiger partial charge in [0, 0.05) is 0 Å². The summed E-state index contributed by atoms with van der Waals surface area (Å²) in [6.07, 6.45) is 0. The number of ether oxygens (including phenoxy) is 1. The first-order valence-corrected chi connectivity index (χ1v) is 9.78. The number of nitrogens with zero attached hydrogens (tertiary/aromatic N) is 1. The van der Waals surface area contributed by atoms with Crippen molar-refractivity contribution in [2.75, 3.05) is 0 Å². The van der Waals surface area contributed by atoms with Crippen LogP contribution in [0.5, 0.6) is 5.75 Å². The molecule has 0 aliphatic carbocycles. The highest BCUT2D eigenvalue weighted by molar-refractivity contribution is 5.71. The van der Waals surface area contributed by atoms with Crippen molar-refractivity contribution in [3.8, 4) is 16.9 Å². The molecule has 1 heterocycles. The summed E-state index contributed by atoms with van der Waals surface area (Å²) in [6.45, 7) is 4.30. The first kappa shape index (κ1) is 20.4. The molecule has 7 heteroatoms. The third kappa shape index (κ3) is 4.50. The minimum atomic E-state index is -0.853. The zero-order valence-electron chi connectivity index (χ0n) is 17.1. The molecule has 0 bridgehead atoms. The Kier molecular flexibility index (Phi) is 5.58. The van der Waals surface area contributed by atoms with Gasteiger partial charge in [0.05, 0.1) is 6.54 Å². The maximum atomic E-state index is 14.5. The lowest BCUT2D eigenvalue weighted by atomic mass is 9.95. The van der Waals surface area contributed by atoms with Gasteiger partial charge in [0.2, 0.25) is 0 Å². The van der Waals surface area contributed by atoms with Gasteiger partial charge in [-0.15, -0.1) is 4.74 Å². The van der Waals surface area contributed by atoms with Crippen molar-refractivity contribution in [1.29, 1.82) is 0 Å². The van der Waals surface area contributed by atoms with Crippen molar-refractivity contribution in [2.24, 2.45) is 0 Å². The van der Waals surface area contributed by atoms with Gasteiger partial charge in [-0.1, -0.05) is 42.5 Å². The molecular formula is C24H21FN2O4. The summed E-state index contributed by atoms with van der Waals surface area (Å²) in [6, 6.07) is 18.5. The standard InChI is InChI=1S/C24H21FN2O4/c1-15-5-3-6-16(2)22(15)19-8-4-7-18(11-19)14-30-21-10-9-17(12-20(21)25)13-27-23(28)26-24(29)31-27/h3-12H,13-14H2,1-2H3,(H,26,28,29). The minimum absolute atomic E-state index is 0.0629. The van der Waals surface area contributed by atoms with E-state index in [0.717, 1.165) is 15.9 Å². The summed E-state index contributed by atoms with van der Waals surface area (Å²) in [5, 5.41) is 0. The molecule has 0 spiro atoms. The molecule has 31 heavy (non-hydrogen) atoms. The van der Waals surface area contributed by atoms with Crippen molar-refractivity contribution in [1.82, 2.24) is 9.72 Å². The van der Waals surface area contributed by atoms with E-state index in [-0.39, 0.29) is 18.9 Å². The van der Waals surface area contributed by atoms with Gasteiger partial charge in [-0.25, -0.2) is 19.0 Å². The average molecular weight is 420 g/mol. The fraction of sp³-hybridized carbons (Fsp3) is 0.167. The van der Waals surface area contributed by atoms with Crippen molar-refractivity contribution in [3.63, 3.8) is 0 Å². The van der Waals surface area contributed by atoms with Crippen LogP contribution < -0.4 is 16.2 Å². The van der Waals surface area contributed by atoms with E-state index < -0.39 is 17.3 Å². The lowest BCUT2D eigenvalue weighted by Gasteiger charge is -2.12. The zero-order chi connectivity index (χ0) is 22.0. The second-order valence-corrected chi connectivity index (χ2v) is 7.37. The Morgan fingerprint density at radius 3 is 2.39 bits per heavy atom. The van der Waals surface area contributed by atoms with Crippen LogP contribution in [0.1, 0.15) is 22.3 Å². The summed E-state index contributed by atoms with van der Waals surface area (Å²) in [4.78, 5) is 24.6. The number of halogens is 1. The highest BCUT2D eigenvalue weighted by Gasteiger charge is 2.10. The van der Waals surface area contributed by atoms with Crippen molar-refractivity contribution < 1.29 is 13.7 Å². The SMILES string of the molecule is Cc1cccc(C)c1-c1cccc(COc2ccc(Cn3oc(=O)[nH]c3=O)cc2F)c1. The number of aromatic amines is 1. The highest BCUT2D eigenvalue weighted by Crippen LogP contribution is 2.28. The van der Waals surface area contributed by atoms with Crippen LogP contribution in [-0.2, 0) is 13.2 Å². The van der Waals surface area contributed by atoms with E-state index >= 15 is 0 Å². The van der Waals surface area contributed by atoms with E-state index in [0.29, 0.717) is 5.56 Å². The molecule has 4 rings (SSSR count). The third-order valence-corrected chi connectivity index (χ3v) is 5.04. The summed E-state index contributed by atoms with van der Waals surface area (Å²) in [5.74, 6) is -1.31. The average Bonchev–Trinajstić information content (AvgIpc) is 3.04. The molecule has 0 aliphatic rings. The third-order valence-electron chi connectivity index (χ3n) is 5.04. The largest absolute Gasteiger partial charge is 0.486 e. The fourth-order valence-corrected chi connectivity index (χ4v) is 3.59. The number of benzene rings is 3. The van der Waals surface area contributed by atoms with Gasteiger partial charge >= 0.3 is 11.4 Å². The first-order chi connectivity index (χ1) is 14.9. The van der Waals surface area contributed by atoms with Gasteiger partial charge < -0.3 is 9.26 Å². The molecule has 0 atom stereocenters. The summed E-state index contributed by atoms with van der Waals surface area (Å²) >= 11 is 0. The number of hydrogen-bond donors (Lipinski definition) is 1. The summed E-state index contributed by atoms with van der Waals surface area (Å²) in [7, 11) is 0. The molecule has 1 N–H and O–H groups in total. The first-order valence-electron chi connectivity index (χ1n) is 9.78. The van der Waals surface area contributed by atoms with Gasteiger partial charge in [0.1, 0.15) is 6.61 Å². The van der Waals surface area contributed by atoms with Crippen LogP contribution in [0.2, 0.25) is 0 Å². The second kappa shape index (κ2) is 8.47. The monoisotopic (exact) mass is 420 g/mol. The lowest BCUT2D eigenvalue weighted by molar-refractivity contribution is 0.257. The van der Waals surface area contributed by atoms with E-state index in [4.69, 9.17) is 9.26 Å². The number of nitrogens with one attached hydrogen (secondary N) is 1. The van der Waals surface area contributed by atoms with Crippen LogP contribution in [-0.4, -0.2) is 9.72 Å². The van der Waals surface area contributed by atoms with Crippen LogP contribution >= 0.6 is 0 Å². The number of H-pyrrole nitrogens is 1. The van der Waals surface area contributed by atoms with Crippen LogP contribution in [0.3, 0.4) is 0 Å². The zero-order valence-corrected chi connectivity index (χ0v) is 17.1. The van der Waals surface area contributed by atoms with E-state index in [9.17, 15) is 14.0 Å².